The molecule has 0 saturated carbocycles. The molecule has 1 fully saturated rings. The molecule has 1 saturated heterocycles. The van der Waals surface area contributed by atoms with Crippen LogP contribution in [0.5, 0.6) is 0 Å². The molecule has 0 aromatic carbocycles. The third kappa shape index (κ3) is 3.01. The van der Waals surface area contributed by atoms with E-state index in [1.54, 1.807) is 0 Å². The summed E-state index contributed by atoms with van der Waals surface area (Å²) in [6.45, 7) is 3.02. The molecule has 9 heteroatoms. The summed E-state index contributed by atoms with van der Waals surface area (Å²) in [6, 6.07) is -1.31. The van der Waals surface area contributed by atoms with Gasteiger partial charge < -0.3 is 25.8 Å². The standard InChI is InChI=1S/C12H19NO7.ClH/c1-4(14)12(5(2)15,6(3)16)10-9(18)8(17)7(13)11(19)20-10;/h7-11,17-19H,13H2,1-3H3;1H/t7-,8-,9-,10+,11?;/m1./s1. The molecule has 5 atom stereocenters. The molecule has 1 unspecified atom stereocenters. The molecule has 1 aliphatic heterocycles. The van der Waals surface area contributed by atoms with Crippen molar-refractivity contribution in [3.63, 3.8) is 0 Å². The van der Waals surface area contributed by atoms with Crippen LogP contribution >= 0.6 is 12.4 Å². The zero-order valence-corrected chi connectivity index (χ0v) is 12.7. The first-order valence-electron chi connectivity index (χ1n) is 6.06. The lowest BCUT2D eigenvalue weighted by Gasteiger charge is -2.45. The molecule has 0 bridgehead atoms. The fourth-order valence-electron chi connectivity index (χ4n) is 2.60. The van der Waals surface area contributed by atoms with Crippen molar-refractivity contribution in [3.8, 4) is 0 Å². The second kappa shape index (κ2) is 6.91. The van der Waals surface area contributed by atoms with Gasteiger partial charge in [0.2, 0.25) is 0 Å². The monoisotopic (exact) mass is 325 g/mol. The zero-order chi connectivity index (χ0) is 15.8. The maximum atomic E-state index is 11.9. The zero-order valence-electron chi connectivity index (χ0n) is 11.8. The second-order valence-electron chi connectivity index (χ2n) is 4.98. The Morgan fingerprint density at radius 3 is 1.67 bits per heavy atom. The minimum Gasteiger partial charge on any atom is -0.388 e. The van der Waals surface area contributed by atoms with Crippen molar-refractivity contribution in [1.29, 1.82) is 0 Å². The van der Waals surface area contributed by atoms with Crippen LogP contribution in [0, 0.1) is 5.41 Å². The number of hydrogen-bond acceptors (Lipinski definition) is 8. The number of nitrogens with two attached hydrogens (primary N) is 1. The van der Waals surface area contributed by atoms with E-state index in [0.717, 1.165) is 20.8 Å². The predicted molar refractivity (Wildman–Crippen MR) is 72.6 cm³/mol. The van der Waals surface area contributed by atoms with Crippen LogP contribution in [0.15, 0.2) is 0 Å². The van der Waals surface area contributed by atoms with Crippen LogP contribution in [-0.2, 0) is 19.1 Å². The van der Waals surface area contributed by atoms with Gasteiger partial charge in [-0.1, -0.05) is 0 Å². The lowest BCUT2D eigenvalue weighted by molar-refractivity contribution is -0.260. The number of hydrogen-bond donors (Lipinski definition) is 4. The third-order valence-corrected chi connectivity index (χ3v) is 3.76. The van der Waals surface area contributed by atoms with Gasteiger partial charge in [0.15, 0.2) is 29.1 Å². The van der Waals surface area contributed by atoms with E-state index in [9.17, 15) is 29.7 Å². The molecule has 0 aliphatic carbocycles. The quantitative estimate of drug-likeness (QED) is 0.431. The van der Waals surface area contributed by atoms with E-state index in [1.165, 1.54) is 0 Å². The molecule has 0 amide bonds. The Hall–Kier alpha value is -0.900. The number of halogens is 1. The van der Waals surface area contributed by atoms with Gasteiger partial charge in [0.05, 0.1) is 6.04 Å². The average Bonchev–Trinajstić information content (AvgIpc) is 2.32. The molecule has 0 radical (unpaired) electrons. The minimum atomic E-state index is -2.28. The minimum absolute atomic E-state index is 0. The van der Waals surface area contributed by atoms with Gasteiger partial charge in [-0.3, -0.25) is 14.4 Å². The highest BCUT2D eigenvalue weighted by Gasteiger charge is 2.60. The van der Waals surface area contributed by atoms with Crippen LogP contribution in [0.1, 0.15) is 20.8 Å². The van der Waals surface area contributed by atoms with E-state index in [1.807, 2.05) is 0 Å². The number of rotatable bonds is 4. The van der Waals surface area contributed by atoms with Crippen molar-refractivity contribution in [2.75, 3.05) is 0 Å². The SMILES string of the molecule is CC(=O)C(C(C)=O)(C(C)=O)[C@H]1OC(O)[C@H](N)[C@@H](O)[C@H]1O.Cl. The van der Waals surface area contributed by atoms with E-state index >= 15 is 0 Å². The van der Waals surface area contributed by atoms with Gasteiger partial charge in [-0.2, -0.15) is 0 Å². The average molecular weight is 326 g/mol. The first-order chi connectivity index (χ1) is 9.08. The van der Waals surface area contributed by atoms with E-state index in [-0.39, 0.29) is 12.4 Å². The highest BCUT2D eigenvalue weighted by atomic mass is 35.5. The predicted octanol–water partition coefficient (Wildman–Crippen LogP) is -2.07. The van der Waals surface area contributed by atoms with Crippen LogP contribution in [0.3, 0.4) is 0 Å². The van der Waals surface area contributed by atoms with Crippen LogP contribution < -0.4 is 5.73 Å². The molecule has 0 aromatic rings. The van der Waals surface area contributed by atoms with Crippen molar-refractivity contribution >= 4 is 29.8 Å². The summed E-state index contributed by atoms with van der Waals surface area (Å²) in [4.78, 5) is 35.6. The van der Waals surface area contributed by atoms with E-state index in [0.29, 0.717) is 0 Å². The first kappa shape index (κ1) is 20.1. The normalized spacial score (nSPS) is 33.0. The van der Waals surface area contributed by atoms with Crippen LogP contribution in [0.2, 0.25) is 0 Å². The number of carbonyl (C=O) groups is 3. The Morgan fingerprint density at radius 1 is 0.952 bits per heavy atom. The number of aliphatic hydroxyl groups is 3. The van der Waals surface area contributed by atoms with Gasteiger partial charge in [0.1, 0.15) is 18.3 Å². The molecule has 122 valence electrons. The number of ketones is 3. The Morgan fingerprint density at radius 2 is 1.33 bits per heavy atom. The molecular weight excluding hydrogens is 306 g/mol. The highest BCUT2D eigenvalue weighted by molar-refractivity contribution is 6.23. The maximum Gasteiger partial charge on any atom is 0.173 e. The lowest BCUT2D eigenvalue weighted by Crippen LogP contribution is -2.68. The molecule has 21 heavy (non-hydrogen) atoms. The van der Waals surface area contributed by atoms with Gasteiger partial charge >= 0.3 is 0 Å². The molecule has 0 spiro atoms. The Kier molecular flexibility index (Phi) is 6.61. The van der Waals surface area contributed by atoms with E-state index in [4.69, 9.17) is 10.5 Å². The summed E-state index contributed by atoms with van der Waals surface area (Å²) in [6.07, 6.45) is -6.80. The van der Waals surface area contributed by atoms with Crippen LogP contribution in [-0.4, -0.2) is 63.3 Å². The number of aliphatic hydroxyl groups excluding tert-OH is 3. The van der Waals surface area contributed by atoms with Gasteiger partial charge in [0.25, 0.3) is 0 Å². The largest absolute Gasteiger partial charge is 0.388 e. The molecule has 5 N–H and O–H groups in total. The van der Waals surface area contributed by atoms with E-state index < -0.39 is 53.4 Å². The third-order valence-electron chi connectivity index (χ3n) is 3.76. The summed E-state index contributed by atoms with van der Waals surface area (Å²) >= 11 is 0. The number of carbonyl (C=O) groups excluding carboxylic acids is 3. The van der Waals surface area contributed by atoms with Crippen molar-refractivity contribution in [1.82, 2.24) is 0 Å². The molecule has 1 aliphatic rings. The van der Waals surface area contributed by atoms with Gasteiger partial charge in [-0.15, -0.1) is 12.4 Å². The summed E-state index contributed by atoms with van der Waals surface area (Å²) in [5.41, 5.74) is 3.13. The lowest BCUT2D eigenvalue weighted by atomic mass is 9.68. The molecule has 8 nitrogen and oxygen atoms in total. The fraction of sp³-hybridized carbons (Fsp3) is 0.750. The summed E-state index contributed by atoms with van der Waals surface area (Å²) < 4.78 is 4.99. The van der Waals surface area contributed by atoms with Crippen molar-refractivity contribution in [2.45, 2.75) is 51.4 Å². The molecule has 1 heterocycles. The van der Waals surface area contributed by atoms with E-state index in [2.05, 4.69) is 0 Å². The topological polar surface area (TPSA) is 147 Å². The van der Waals surface area contributed by atoms with Gasteiger partial charge in [-0.25, -0.2) is 0 Å². The smallest absolute Gasteiger partial charge is 0.173 e. The highest BCUT2D eigenvalue weighted by Crippen LogP contribution is 2.36. The molecule has 1 rings (SSSR count). The summed E-state index contributed by atoms with van der Waals surface area (Å²) in [5, 5.41) is 29.3. The van der Waals surface area contributed by atoms with Crippen molar-refractivity contribution < 1.29 is 34.4 Å². The second-order valence-corrected chi connectivity index (χ2v) is 4.98. The Bertz CT molecular complexity index is 405. The molecule has 0 aromatic heterocycles. The molecular formula is C12H20ClNO7. The van der Waals surface area contributed by atoms with Gasteiger partial charge in [0, 0.05) is 0 Å². The van der Waals surface area contributed by atoms with Gasteiger partial charge in [-0.05, 0) is 20.8 Å². The number of ether oxygens (including phenoxy) is 1. The Balaban J connectivity index is 0.00000400. The Labute approximate surface area is 127 Å². The van der Waals surface area contributed by atoms with Crippen molar-refractivity contribution in [2.24, 2.45) is 11.1 Å². The van der Waals surface area contributed by atoms with Crippen molar-refractivity contribution in [3.05, 3.63) is 0 Å². The summed E-state index contributed by atoms with van der Waals surface area (Å²) in [7, 11) is 0. The van der Waals surface area contributed by atoms with Crippen LogP contribution in [0.25, 0.3) is 0 Å². The number of Topliss-reactive ketones (excluding diaryl/α,β-unsaturated/α-hetero) is 3. The maximum absolute atomic E-state index is 11.9. The van der Waals surface area contributed by atoms with Crippen LogP contribution in [0.4, 0.5) is 0 Å². The summed E-state index contributed by atoms with van der Waals surface area (Å²) in [5.74, 6) is -2.51. The fourth-order valence-corrected chi connectivity index (χ4v) is 2.60. The first-order valence-corrected chi connectivity index (χ1v) is 6.06.